The normalized spacial score (nSPS) is 16.9. The van der Waals surface area contributed by atoms with Crippen LogP contribution in [0.5, 0.6) is 0 Å². The van der Waals surface area contributed by atoms with Gasteiger partial charge in [-0.25, -0.2) is 4.39 Å². The van der Waals surface area contributed by atoms with Crippen LogP contribution >= 0.6 is 20.7 Å². The maximum absolute atomic E-state index is 12.4. The highest BCUT2D eigenvalue weighted by molar-refractivity contribution is 14.2. The summed E-state index contributed by atoms with van der Waals surface area (Å²) in [5, 5.41) is 8.29. The smallest absolute Gasteiger partial charge is 0.146 e. The molecule has 0 amide bonds. The Bertz CT molecular complexity index is 244. The van der Waals surface area contributed by atoms with Gasteiger partial charge in [-0.15, -0.1) is 0 Å². The Labute approximate surface area is 62.2 Å². The number of hydrogen-bond donors (Lipinski definition) is 0. The highest BCUT2D eigenvalue weighted by Gasteiger charge is 2.00. The molecule has 1 nitrogen and oxygen atoms in total. The third-order valence-electron chi connectivity index (χ3n) is 0.795. The van der Waals surface area contributed by atoms with Crippen molar-refractivity contribution in [2.75, 3.05) is 0 Å². The van der Waals surface area contributed by atoms with Crippen molar-refractivity contribution in [1.29, 1.82) is 5.26 Å². The molecule has 0 atom stereocenters. The Morgan fingerprint density at radius 3 is 2.89 bits per heavy atom. The zero-order valence-corrected chi connectivity index (χ0v) is 6.59. The van der Waals surface area contributed by atoms with Crippen molar-refractivity contribution < 1.29 is 4.39 Å². The van der Waals surface area contributed by atoms with Crippen LogP contribution in [0.1, 0.15) is 0 Å². The molecule has 0 saturated heterocycles. The van der Waals surface area contributed by atoms with E-state index in [1.54, 1.807) is 6.08 Å². The molecule has 0 fully saturated rings. The van der Waals surface area contributed by atoms with Crippen molar-refractivity contribution in [2.24, 2.45) is 0 Å². The van der Waals surface area contributed by atoms with Crippen LogP contribution in [0.25, 0.3) is 0 Å². The van der Waals surface area contributed by atoms with E-state index < -0.39 is 20.7 Å². The zero-order valence-electron chi connectivity index (χ0n) is 4.44. The SMILES string of the molecule is N#CC1=C(F)C=CC=I1. The molecule has 0 aromatic carbocycles. The summed E-state index contributed by atoms with van der Waals surface area (Å²) >= 11 is -0.460. The van der Waals surface area contributed by atoms with Gasteiger partial charge in [0.25, 0.3) is 0 Å². The maximum atomic E-state index is 12.4. The number of rotatable bonds is 0. The van der Waals surface area contributed by atoms with Crippen LogP contribution in [-0.4, -0.2) is 4.01 Å². The largest absolute Gasteiger partial charge is 0.205 e. The van der Waals surface area contributed by atoms with Gasteiger partial charge in [-0.05, 0) is 10.1 Å². The second-order valence-corrected chi connectivity index (χ2v) is 3.79. The molecule has 0 aliphatic carbocycles. The summed E-state index contributed by atoms with van der Waals surface area (Å²) in [6.45, 7) is 0. The number of hydrogen-bond acceptors (Lipinski definition) is 1. The van der Waals surface area contributed by atoms with Crippen molar-refractivity contribution >= 4 is 24.7 Å². The standard InChI is InChI=1S/C6H3FIN/c7-5-2-1-3-8-6(5)4-9/h1-3H. The molecule has 0 N–H and O–H groups in total. The van der Waals surface area contributed by atoms with Crippen molar-refractivity contribution in [3.8, 4) is 6.07 Å². The average Bonchev–Trinajstić information content (AvgIpc) is 1.89. The monoisotopic (exact) mass is 235 g/mol. The molecule has 0 unspecified atom stereocenters. The van der Waals surface area contributed by atoms with Crippen LogP contribution in [0.2, 0.25) is 0 Å². The first-order chi connectivity index (χ1) is 4.34. The highest BCUT2D eigenvalue weighted by atomic mass is 127. The second kappa shape index (κ2) is 2.87. The van der Waals surface area contributed by atoms with E-state index in [1.807, 2.05) is 10.1 Å². The first-order valence-electron chi connectivity index (χ1n) is 2.28. The molecule has 0 radical (unpaired) electrons. The molecule has 0 aromatic rings. The topological polar surface area (TPSA) is 23.8 Å². The summed E-state index contributed by atoms with van der Waals surface area (Å²) in [6.07, 6.45) is 2.98. The number of halogens is 2. The van der Waals surface area contributed by atoms with Gasteiger partial charge in [0.1, 0.15) is 15.5 Å². The molecule has 1 aliphatic rings. The third kappa shape index (κ3) is 1.45. The van der Waals surface area contributed by atoms with E-state index in [0.717, 1.165) is 0 Å². The fourth-order valence-corrected chi connectivity index (χ4v) is 1.81. The first kappa shape index (κ1) is 6.62. The molecule has 0 bridgehead atoms. The lowest BCUT2D eigenvalue weighted by Crippen LogP contribution is -1.76. The van der Waals surface area contributed by atoms with Crippen LogP contribution in [0, 0.1) is 11.3 Å². The molecule has 1 aliphatic heterocycles. The molecule has 46 valence electrons. The van der Waals surface area contributed by atoms with E-state index >= 15 is 0 Å². The third-order valence-corrected chi connectivity index (χ3v) is 2.95. The molecular formula is C6H3FIN. The van der Waals surface area contributed by atoms with E-state index in [2.05, 4.69) is 0 Å². The summed E-state index contributed by atoms with van der Waals surface area (Å²) in [5.41, 5.74) is 0. The maximum Gasteiger partial charge on any atom is 0.146 e. The molecule has 1 rings (SSSR count). The van der Waals surface area contributed by atoms with E-state index in [1.165, 1.54) is 6.08 Å². The van der Waals surface area contributed by atoms with Gasteiger partial charge in [0.15, 0.2) is 0 Å². The number of nitrogens with zero attached hydrogens (tertiary/aromatic N) is 1. The molecule has 3 heteroatoms. The van der Waals surface area contributed by atoms with Crippen LogP contribution in [0.3, 0.4) is 0 Å². The second-order valence-electron chi connectivity index (χ2n) is 1.37. The fourth-order valence-electron chi connectivity index (χ4n) is 0.423. The molecule has 9 heavy (non-hydrogen) atoms. The lowest BCUT2D eigenvalue weighted by molar-refractivity contribution is 0.667. The van der Waals surface area contributed by atoms with Crippen LogP contribution < -0.4 is 0 Å². The van der Waals surface area contributed by atoms with Crippen LogP contribution in [-0.2, 0) is 0 Å². The molecule has 0 aromatic heterocycles. The molecule has 1 heterocycles. The Hall–Kier alpha value is -0.500. The number of nitriles is 1. The van der Waals surface area contributed by atoms with Crippen LogP contribution in [0.15, 0.2) is 21.6 Å². The lowest BCUT2D eigenvalue weighted by Gasteiger charge is -1.91. The van der Waals surface area contributed by atoms with Gasteiger partial charge in [0, 0.05) is 0 Å². The van der Waals surface area contributed by atoms with Crippen LogP contribution in [0.4, 0.5) is 4.39 Å². The van der Waals surface area contributed by atoms with E-state index in [0.29, 0.717) is 3.58 Å². The van der Waals surface area contributed by atoms with E-state index in [9.17, 15) is 4.39 Å². The minimum absolute atomic E-state index is 0.330. The lowest BCUT2D eigenvalue weighted by atomic mass is 10.4. The Morgan fingerprint density at radius 1 is 1.67 bits per heavy atom. The number of allylic oxidation sites excluding steroid dienone is 4. The van der Waals surface area contributed by atoms with Crippen molar-refractivity contribution in [3.05, 3.63) is 21.6 Å². The van der Waals surface area contributed by atoms with Gasteiger partial charge in [-0.2, -0.15) is 5.26 Å². The quantitative estimate of drug-likeness (QED) is 0.589. The van der Waals surface area contributed by atoms with Gasteiger partial charge in [-0.3, -0.25) is 0 Å². The molecule has 0 spiro atoms. The van der Waals surface area contributed by atoms with Crippen molar-refractivity contribution in [3.63, 3.8) is 0 Å². The van der Waals surface area contributed by atoms with Gasteiger partial charge in [0.2, 0.25) is 0 Å². The minimum Gasteiger partial charge on any atom is -0.205 e. The highest BCUT2D eigenvalue weighted by Crippen LogP contribution is 2.22. The van der Waals surface area contributed by atoms with E-state index in [-0.39, 0.29) is 5.83 Å². The van der Waals surface area contributed by atoms with Gasteiger partial charge in [-0.1, -0.05) is 26.8 Å². The summed E-state index contributed by atoms with van der Waals surface area (Å²) < 4.78 is 14.6. The predicted octanol–water partition coefficient (Wildman–Crippen LogP) is 2.03. The summed E-state index contributed by atoms with van der Waals surface area (Å²) in [6, 6.07) is 1.82. The molecule has 0 saturated carbocycles. The minimum atomic E-state index is -0.460. The van der Waals surface area contributed by atoms with Gasteiger partial charge >= 0.3 is 0 Å². The summed E-state index contributed by atoms with van der Waals surface area (Å²) in [4.78, 5) is 0. The fraction of sp³-hybridized carbons (Fsp3) is 0. The van der Waals surface area contributed by atoms with E-state index in [4.69, 9.17) is 5.26 Å². The zero-order chi connectivity index (χ0) is 6.69. The Kier molecular flexibility index (Phi) is 2.11. The summed E-state index contributed by atoms with van der Waals surface area (Å²) in [7, 11) is 0. The first-order valence-corrected chi connectivity index (χ1v) is 4.60. The molecular weight excluding hydrogens is 232 g/mol. The van der Waals surface area contributed by atoms with Gasteiger partial charge < -0.3 is 0 Å². The Morgan fingerprint density at radius 2 is 2.44 bits per heavy atom. The van der Waals surface area contributed by atoms with Gasteiger partial charge in [0.05, 0.1) is 0 Å². The summed E-state index contributed by atoms with van der Waals surface area (Å²) in [5.74, 6) is -0.354. The Balaban J connectivity index is 3.06. The van der Waals surface area contributed by atoms with Crippen molar-refractivity contribution in [1.82, 2.24) is 0 Å². The average molecular weight is 235 g/mol. The van der Waals surface area contributed by atoms with Crippen molar-refractivity contribution in [2.45, 2.75) is 0 Å². The predicted molar refractivity (Wildman–Crippen MR) is 43.0 cm³/mol.